The zero-order valence-corrected chi connectivity index (χ0v) is 15.9. The van der Waals surface area contributed by atoms with Gasteiger partial charge in [0, 0.05) is 18.3 Å². The van der Waals surface area contributed by atoms with Crippen molar-refractivity contribution in [3.05, 3.63) is 52.3 Å². The third-order valence-electron chi connectivity index (χ3n) is 4.40. The molecule has 1 saturated heterocycles. The normalized spacial score (nSPS) is 16.9. The predicted octanol–water partition coefficient (Wildman–Crippen LogP) is 4.08. The van der Waals surface area contributed by atoms with Crippen LogP contribution in [0.3, 0.4) is 0 Å². The highest BCUT2D eigenvalue weighted by atomic mass is 35.5. The van der Waals surface area contributed by atoms with Crippen LogP contribution in [0, 0.1) is 11.6 Å². The molecule has 1 amide bonds. The van der Waals surface area contributed by atoms with Crippen LogP contribution in [0.15, 0.2) is 29.2 Å². The Kier molecular flexibility index (Phi) is 4.75. The van der Waals surface area contributed by atoms with E-state index in [-0.39, 0.29) is 16.9 Å². The van der Waals surface area contributed by atoms with Gasteiger partial charge in [0.1, 0.15) is 5.69 Å². The highest BCUT2D eigenvalue weighted by Gasteiger charge is 2.35. The first-order valence-corrected chi connectivity index (χ1v) is 9.44. The second-order valence-electron chi connectivity index (χ2n) is 6.73. The molecule has 4 rings (SSSR count). The summed E-state index contributed by atoms with van der Waals surface area (Å²) in [6.45, 7) is 3.76. The lowest BCUT2D eigenvalue weighted by Crippen LogP contribution is -2.55. The molecule has 1 aromatic heterocycles. The number of allylic oxidation sites excluding steroid dienone is 1. The van der Waals surface area contributed by atoms with E-state index >= 15 is 0 Å². The summed E-state index contributed by atoms with van der Waals surface area (Å²) in [7, 11) is 0. The van der Waals surface area contributed by atoms with E-state index < -0.39 is 17.5 Å². The van der Waals surface area contributed by atoms with E-state index in [1.54, 1.807) is 4.57 Å². The van der Waals surface area contributed by atoms with Crippen molar-refractivity contribution in [2.24, 2.45) is 0 Å². The summed E-state index contributed by atoms with van der Waals surface area (Å²) < 4.78 is 36.8. The number of hydrogen-bond donors (Lipinski definition) is 2. The van der Waals surface area contributed by atoms with Gasteiger partial charge in [0.25, 0.3) is 5.91 Å². The van der Waals surface area contributed by atoms with Gasteiger partial charge in [-0.3, -0.25) is 4.79 Å². The summed E-state index contributed by atoms with van der Waals surface area (Å²) in [6.07, 6.45) is 3.84. The van der Waals surface area contributed by atoms with Gasteiger partial charge in [-0.25, -0.2) is 13.5 Å². The molecule has 1 aromatic carbocycles. The van der Waals surface area contributed by atoms with Gasteiger partial charge in [-0.1, -0.05) is 17.7 Å². The average Bonchev–Trinajstić information content (AvgIpc) is 3.15. The number of fused-ring (bicyclic) bond motifs is 1. The second kappa shape index (κ2) is 6.94. The average molecular weight is 412 g/mol. The number of anilines is 1. The molecule has 9 heteroatoms. The van der Waals surface area contributed by atoms with Crippen molar-refractivity contribution in [1.29, 1.82) is 0 Å². The predicted molar refractivity (Wildman–Crippen MR) is 101 cm³/mol. The number of carbonyl (C=O) groups is 1. The summed E-state index contributed by atoms with van der Waals surface area (Å²) in [5.41, 5.74) is 1.12. The summed E-state index contributed by atoms with van der Waals surface area (Å²) in [5.74, 6) is -2.49. The van der Waals surface area contributed by atoms with Crippen molar-refractivity contribution in [2.75, 3.05) is 18.5 Å². The van der Waals surface area contributed by atoms with Crippen molar-refractivity contribution in [1.82, 2.24) is 9.29 Å². The fourth-order valence-electron chi connectivity index (χ4n) is 2.93. The minimum Gasteiger partial charge on any atom is -0.377 e. The van der Waals surface area contributed by atoms with Crippen LogP contribution in [0.5, 0.6) is 0 Å². The Balaban J connectivity index is 1.60. The van der Waals surface area contributed by atoms with Gasteiger partial charge in [-0.05, 0) is 37.1 Å². The number of nitrogens with zero attached hydrogens (tertiary/aromatic N) is 1. The van der Waals surface area contributed by atoms with E-state index in [4.69, 9.17) is 16.3 Å². The Bertz CT molecular complexity index is 957. The van der Waals surface area contributed by atoms with Gasteiger partial charge in [-0.15, -0.1) is 0 Å². The molecule has 5 nitrogen and oxygen atoms in total. The molecule has 0 saturated carbocycles. The standard InChI is InChI=1S/C18H16ClF2N3O2S/c1-18(8-26-9-18)23-27-16-13-3-2-6-24(13)15(14(16)19)17(25)22-10-4-5-11(20)12(21)7-10/h2-5,7,23H,6,8-9H2,1H3,(H,22,25). The highest BCUT2D eigenvalue weighted by Crippen LogP contribution is 2.39. The van der Waals surface area contributed by atoms with Crippen molar-refractivity contribution in [2.45, 2.75) is 23.9 Å². The highest BCUT2D eigenvalue weighted by molar-refractivity contribution is 7.97. The van der Waals surface area contributed by atoms with Crippen LogP contribution in [0.1, 0.15) is 23.1 Å². The summed E-state index contributed by atoms with van der Waals surface area (Å²) in [6, 6.07) is 3.19. The van der Waals surface area contributed by atoms with E-state index in [9.17, 15) is 13.6 Å². The molecule has 2 aliphatic rings. The fraction of sp³-hybridized carbons (Fsp3) is 0.278. The van der Waals surface area contributed by atoms with Gasteiger partial charge < -0.3 is 14.6 Å². The molecule has 142 valence electrons. The molecule has 0 bridgehead atoms. The number of halogens is 3. The topological polar surface area (TPSA) is 55.3 Å². The van der Waals surface area contributed by atoms with Crippen molar-refractivity contribution in [3.8, 4) is 0 Å². The number of amides is 1. The zero-order chi connectivity index (χ0) is 19.2. The number of hydrogen-bond acceptors (Lipinski definition) is 4. The summed E-state index contributed by atoms with van der Waals surface area (Å²) >= 11 is 7.87. The molecule has 0 radical (unpaired) electrons. The van der Waals surface area contributed by atoms with Crippen molar-refractivity contribution < 1.29 is 18.3 Å². The lowest BCUT2D eigenvalue weighted by molar-refractivity contribution is -0.0510. The first-order chi connectivity index (χ1) is 12.9. The minimum absolute atomic E-state index is 0.140. The first-order valence-electron chi connectivity index (χ1n) is 8.25. The van der Waals surface area contributed by atoms with E-state index in [2.05, 4.69) is 10.0 Å². The summed E-state index contributed by atoms with van der Waals surface area (Å²) in [4.78, 5) is 13.5. The van der Waals surface area contributed by atoms with Crippen LogP contribution in [-0.2, 0) is 11.3 Å². The molecule has 2 aromatic rings. The van der Waals surface area contributed by atoms with E-state index in [1.807, 2.05) is 19.1 Å². The lowest BCUT2D eigenvalue weighted by Gasteiger charge is -2.38. The van der Waals surface area contributed by atoms with Crippen LogP contribution >= 0.6 is 23.5 Å². The van der Waals surface area contributed by atoms with Crippen LogP contribution in [0.2, 0.25) is 5.02 Å². The third kappa shape index (κ3) is 3.38. The second-order valence-corrected chi connectivity index (χ2v) is 7.92. The Morgan fingerprint density at radius 2 is 2.11 bits per heavy atom. The molecule has 0 aliphatic carbocycles. The number of benzene rings is 1. The van der Waals surface area contributed by atoms with Gasteiger partial charge in [-0.2, -0.15) is 0 Å². The molecular weight excluding hydrogens is 396 g/mol. The Hall–Kier alpha value is -1.87. The lowest BCUT2D eigenvalue weighted by atomic mass is 10.0. The number of ether oxygens (including phenoxy) is 1. The van der Waals surface area contributed by atoms with E-state index in [0.717, 1.165) is 22.7 Å². The maximum absolute atomic E-state index is 13.4. The molecule has 0 spiro atoms. The van der Waals surface area contributed by atoms with Crippen LogP contribution in [0.4, 0.5) is 14.5 Å². The smallest absolute Gasteiger partial charge is 0.273 e. The largest absolute Gasteiger partial charge is 0.377 e. The van der Waals surface area contributed by atoms with E-state index in [0.29, 0.717) is 24.8 Å². The Labute approximate surface area is 163 Å². The zero-order valence-electron chi connectivity index (χ0n) is 14.3. The van der Waals surface area contributed by atoms with Crippen LogP contribution in [-0.4, -0.2) is 29.2 Å². The monoisotopic (exact) mass is 411 g/mol. The Morgan fingerprint density at radius 3 is 2.78 bits per heavy atom. The number of carbonyl (C=O) groups excluding carboxylic acids is 1. The number of aromatic nitrogens is 1. The molecular formula is C18H16ClF2N3O2S. The van der Waals surface area contributed by atoms with Gasteiger partial charge in [0.05, 0.1) is 34.4 Å². The first kappa shape index (κ1) is 18.5. The maximum Gasteiger partial charge on any atom is 0.273 e. The van der Waals surface area contributed by atoms with Gasteiger partial charge in [0.2, 0.25) is 0 Å². The molecule has 2 N–H and O–H groups in total. The van der Waals surface area contributed by atoms with Crippen molar-refractivity contribution >= 4 is 41.2 Å². The molecule has 3 heterocycles. The summed E-state index contributed by atoms with van der Waals surface area (Å²) in [5, 5.41) is 2.89. The SMILES string of the molecule is CC1(NSc2c(Cl)c(C(=O)Nc3ccc(F)c(F)c3)n3c2C=CC3)COC1. The Morgan fingerprint density at radius 1 is 1.33 bits per heavy atom. The van der Waals surface area contributed by atoms with Crippen LogP contribution < -0.4 is 10.0 Å². The fourth-order valence-corrected chi connectivity index (χ4v) is 4.27. The molecule has 0 unspecified atom stereocenters. The molecule has 27 heavy (non-hydrogen) atoms. The quantitative estimate of drug-likeness (QED) is 0.728. The minimum atomic E-state index is -1.03. The number of rotatable bonds is 5. The number of nitrogens with one attached hydrogen (secondary N) is 2. The molecule has 2 aliphatic heterocycles. The maximum atomic E-state index is 13.4. The van der Waals surface area contributed by atoms with E-state index in [1.165, 1.54) is 18.0 Å². The third-order valence-corrected chi connectivity index (χ3v) is 6.09. The van der Waals surface area contributed by atoms with Gasteiger partial charge >= 0.3 is 0 Å². The molecule has 1 fully saturated rings. The van der Waals surface area contributed by atoms with Crippen molar-refractivity contribution in [3.63, 3.8) is 0 Å². The van der Waals surface area contributed by atoms with Gasteiger partial charge in [0.15, 0.2) is 11.6 Å². The van der Waals surface area contributed by atoms with Crippen LogP contribution in [0.25, 0.3) is 6.08 Å². The molecule has 0 atom stereocenters.